The van der Waals surface area contributed by atoms with Crippen LogP contribution >= 0.6 is 0 Å². The fraction of sp³-hybridized carbons (Fsp3) is 1.00. The number of rotatable bonds is 9. The van der Waals surface area contributed by atoms with E-state index in [4.69, 9.17) is 0 Å². The van der Waals surface area contributed by atoms with Gasteiger partial charge in [0.1, 0.15) is 0 Å². The molecule has 0 aromatic carbocycles. The number of aliphatic hydroxyl groups is 1. The minimum atomic E-state index is 0.0870. The summed E-state index contributed by atoms with van der Waals surface area (Å²) in [5, 5.41) is 13.1. The first kappa shape index (κ1) is 15.9. The largest absolute Gasteiger partial charge is 0.396 e. The van der Waals surface area contributed by atoms with Gasteiger partial charge in [0.25, 0.3) is 0 Å². The minimum Gasteiger partial charge on any atom is -0.396 e. The molecule has 0 heterocycles. The van der Waals surface area contributed by atoms with Crippen LogP contribution in [0.1, 0.15) is 60.3 Å². The summed E-state index contributed by atoms with van der Waals surface area (Å²) in [5.74, 6) is 0.786. The van der Waals surface area contributed by atoms with Gasteiger partial charge in [0.2, 0.25) is 0 Å². The van der Waals surface area contributed by atoms with E-state index in [2.05, 4.69) is 39.9 Å². The van der Waals surface area contributed by atoms with Crippen LogP contribution in [0.3, 0.4) is 0 Å². The molecule has 0 spiro atoms. The van der Waals surface area contributed by atoms with Crippen molar-refractivity contribution in [2.75, 3.05) is 13.2 Å². The van der Waals surface area contributed by atoms with Gasteiger partial charge in [-0.25, -0.2) is 0 Å². The molecule has 2 atom stereocenters. The monoisotopic (exact) mass is 229 g/mol. The third-order valence-corrected chi connectivity index (χ3v) is 4.11. The highest BCUT2D eigenvalue weighted by molar-refractivity contribution is 4.80. The van der Waals surface area contributed by atoms with Crippen molar-refractivity contribution in [3.05, 3.63) is 0 Å². The van der Waals surface area contributed by atoms with Gasteiger partial charge in [-0.3, -0.25) is 0 Å². The van der Waals surface area contributed by atoms with Crippen LogP contribution in [0.15, 0.2) is 0 Å². The van der Waals surface area contributed by atoms with Crippen LogP contribution in [0.5, 0.6) is 0 Å². The Labute approximate surface area is 102 Å². The first-order valence-electron chi connectivity index (χ1n) is 6.87. The maximum atomic E-state index is 9.48. The maximum Gasteiger partial charge on any atom is 0.0499 e. The van der Waals surface area contributed by atoms with Crippen molar-refractivity contribution in [1.82, 2.24) is 5.32 Å². The molecule has 0 rings (SSSR count). The Balaban J connectivity index is 4.01. The van der Waals surface area contributed by atoms with E-state index in [1.165, 1.54) is 12.8 Å². The molecule has 0 aromatic rings. The highest BCUT2D eigenvalue weighted by Crippen LogP contribution is 2.24. The molecule has 2 N–H and O–H groups in total. The molecule has 0 saturated heterocycles. The first-order chi connectivity index (χ1) is 7.53. The van der Waals surface area contributed by atoms with Crippen LogP contribution in [0.4, 0.5) is 0 Å². The molecule has 0 bridgehead atoms. The SMILES string of the molecule is CCC(C)CC(C)NCC(CC)(CC)CO. The first-order valence-corrected chi connectivity index (χ1v) is 6.87. The third-order valence-electron chi connectivity index (χ3n) is 4.11. The van der Waals surface area contributed by atoms with Gasteiger partial charge in [0.05, 0.1) is 0 Å². The molecule has 2 heteroatoms. The molecule has 0 aliphatic heterocycles. The van der Waals surface area contributed by atoms with Crippen LogP contribution < -0.4 is 5.32 Å². The second-order valence-corrected chi connectivity index (χ2v) is 5.40. The Kier molecular flexibility index (Phi) is 8.04. The molecule has 0 fully saturated rings. The Hall–Kier alpha value is -0.0800. The summed E-state index contributed by atoms with van der Waals surface area (Å²) in [7, 11) is 0. The van der Waals surface area contributed by atoms with E-state index in [0.29, 0.717) is 12.6 Å². The molecule has 0 aliphatic rings. The summed E-state index contributed by atoms with van der Waals surface area (Å²) in [6.45, 7) is 12.4. The summed E-state index contributed by atoms with van der Waals surface area (Å²) in [5.41, 5.74) is 0.0870. The Morgan fingerprint density at radius 1 is 1.12 bits per heavy atom. The van der Waals surface area contributed by atoms with Crippen LogP contribution in [0.25, 0.3) is 0 Å². The zero-order chi connectivity index (χ0) is 12.6. The predicted octanol–water partition coefficient (Wildman–Crippen LogP) is 3.20. The van der Waals surface area contributed by atoms with Crippen LogP contribution in [0, 0.1) is 11.3 Å². The van der Waals surface area contributed by atoms with E-state index in [1.807, 2.05) is 0 Å². The zero-order valence-corrected chi connectivity index (χ0v) is 11.8. The third kappa shape index (κ3) is 5.31. The lowest BCUT2D eigenvalue weighted by Crippen LogP contribution is -2.40. The smallest absolute Gasteiger partial charge is 0.0499 e. The van der Waals surface area contributed by atoms with Gasteiger partial charge in [0.15, 0.2) is 0 Å². The maximum absolute atomic E-state index is 9.48. The standard InChI is InChI=1S/C14H31NO/c1-6-12(4)9-13(5)15-10-14(7-2,8-3)11-16/h12-13,15-16H,6-11H2,1-5H3. The number of hydrogen-bond donors (Lipinski definition) is 2. The summed E-state index contributed by atoms with van der Waals surface area (Å²) in [6.07, 6.45) is 4.57. The predicted molar refractivity (Wildman–Crippen MR) is 71.6 cm³/mol. The summed E-state index contributed by atoms with van der Waals surface area (Å²) in [6, 6.07) is 0.555. The summed E-state index contributed by atoms with van der Waals surface area (Å²) in [4.78, 5) is 0. The zero-order valence-electron chi connectivity index (χ0n) is 11.8. The number of hydrogen-bond acceptors (Lipinski definition) is 2. The fourth-order valence-electron chi connectivity index (χ4n) is 2.02. The van der Waals surface area contributed by atoms with Crippen LogP contribution in [-0.2, 0) is 0 Å². The van der Waals surface area contributed by atoms with Gasteiger partial charge in [-0.15, -0.1) is 0 Å². The number of nitrogens with one attached hydrogen (secondary N) is 1. The van der Waals surface area contributed by atoms with Gasteiger partial charge in [-0.1, -0.05) is 34.1 Å². The highest BCUT2D eigenvalue weighted by Gasteiger charge is 2.25. The van der Waals surface area contributed by atoms with Gasteiger partial charge < -0.3 is 10.4 Å². The molecule has 2 nitrogen and oxygen atoms in total. The second-order valence-electron chi connectivity index (χ2n) is 5.40. The summed E-state index contributed by atoms with van der Waals surface area (Å²) >= 11 is 0. The van der Waals surface area contributed by atoms with Crippen LogP contribution in [0.2, 0.25) is 0 Å². The molecule has 0 saturated carbocycles. The summed E-state index contributed by atoms with van der Waals surface area (Å²) < 4.78 is 0. The molecular formula is C14H31NO. The average molecular weight is 229 g/mol. The normalized spacial score (nSPS) is 16.1. The molecule has 16 heavy (non-hydrogen) atoms. The van der Waals surface area contributed by atoms with Crippen molar-refractivity contribution in [1.29, 1.82) is 0 Å². The molecule has 0 aliphatic carbocycles. The van der Waals surface area contributed by atoms with Crippen molar-refractivity contribution in [3.63, 3.8) is 0 Å². The second kappa shape index (κ2) is 8.08. The van der Waals surface area contributed by atoms with E-state index in [1.54, 1.807) is 0 Å². The van der Waals surface area contributed by atoms with Gasteiger partial charge in [-0.05, 0) is 32.1 Å². The topological polar surface area (TPSA) is 32.3 Å². The van der Waals surface area contributed by atoms with Crippen molar-refractivity contribution < 1.29 is 5.11 Å². The average Bonchev–Trinajstić information content (AvgIpc) is 2.31. The molecule has 98 valence electrons. The van der Waals surface area contributed by atoms with Gasteiger partial charge in [-0.2, -0.15) is 0 Å². The van der Waals surface area contributed by atoms with Crippen molar-refractivity contribution in [2.45, 2.75) is 66.3 Å². The van der Waals surface area contributed by atoms with Crippen LogP contribution in [-0.4, -0.2) is 24.3 Å². The molecule has 2 unspecified atom stereocenters. The van der Waals surface area contributed by atoms with Crippen molar-refractivity contribution >= 4 is 0 Å². The van der Waals surface area contributed by atoms with Gasteiger partial charge >= 0.3 is 0 Å². The lowest BCUT2D eigenvalue weighted by Gasteiger charge is -2.31. The molecule has 0 radical (unpaired) electrons. The Morgan fingerprint density at radius 3 is 2.06 bits per heavy atom. The van der Waals surface area contributed by atoms with Crippen molar-refractivity contribution in [2.24, 2.45) is 11.3 Å². The quantitative estimate of drug-likeness (QED) is 0.636. The molecule has 0 amide bonds. The van der Waals surface area contributed by atoms with Gasteiger partial charge in [0, 0.05) is 24.6 Å². The van der Waals surface area contributed by atoms with E-state index >= 15 is 0 Å². The lowest BCUT2D eigenvalue weighted by atomic mass is 9.83. The van der Waals surface area contributed by atoms with E-state index < -0.39 is 0 Å². The van der Waals surface area contributed by atoms with E-state index in [0.717, 1.165) is 25.3 Å². The Morgan fingerprint density at radius 2 is 1.69 bits per heavy atom. The Bertz CT molecular complexity index is 158. The van der Waals surface area contributed by atoms with Crippen molar-refractivity contribution in [3.8, 4) is 0 Å². The molecular weight excluding hydrogens is 198 g/mol. The van der Waals surface area contributed by atoms with E-state index in [-0.39, 0.29) is 5.41 Å². The number of aliphatic hydroxyl groups excluding tert-OH is 1. The minimum absolute atomic E-state index is 0.0870. The van der Waals surface area contributed by atoms with E-state index in [9.17, 15) is 5.11 Å². The molecule has 0 aromatic heterocycles. The highest BCUT2D eigenvalue weighted by atomic mass is 16.3. The fourth-order valence-corrected chi connectivity index (χ4v) is 2.02. The lowest BCUT2D eigenvalue weighted by molar-refractivity contribution is 0.109.